The Labute approximate surface area is 122 Å². The van der Waals surface area contributed by atoms with E-state index in [1.807, 2.05) is 5.38 Å². The minimum Gasteiger partial charge on any atom is -0.392 e. The second kappa shape index (κ2) is 5.96. The van der Waals surface area contributed by atoms with E-state index in [-0.39, 0.29) is 11.8 Å². The lowest BCUT2D eigenvalue weighted by atomic mass is 9.85. The molecule has 3 N–H and O–H groups in total. The molecule has 1 fully saturated rings. The Kier molecular flexibility index (Phi) is 4.52. The van der Waals surface area contributed by atoms with Crippen molar-refractivity contribution in [3.8, 4) is 0 Å². The molecule has 4 nitrogen and oxygen atoms in total. The van der Waals surface area contributed by atoms with Gasteiger partial charge in [-0.1, -0.05) is 32.0 Å². The fourth-order valence-corrected chi connectivity index (χ4v) is 3.54. The highest BCUT2D eigenvalue weighted by atomic mass is 32.1. The summed E-state index contributed by atoms with van der Waals surface area (Å²) >= 11 is 6.72. The summed E-state index contributed by atoms with van der Waals surface area (Å²) in [4.78, 5) is 17.0. The summed E-state index contributed by atoms with van der Waals surface area (Å²) in [7, 11) is 0. The first-order valence-electron chi connectivity index (χ1n) is 6.54. The Morgan fingerprint density at radius 2 is 2.32 bits per heavy atom. The third-order valence-corrected chi connectivity index (χ3v) is 5.20. The Morgan fingerprint density at radius 1 is 1.63 bits per heavy atom. The molecule has 1 aromatic heterocycles. The zero-order valence-electron chi connectivity index (χ0n) is 11.0. The molecule has 6 heteroatoms. The zero-order chi connectivity index (χ0) is 13.9. The van der Waals surface area contributed by atoms with Gasteiger partial charge in [-0.15, -0.1) is 11.3 Å². The van der Waals surface area contributed by atoms with Gasteiger partial charge in [0, 0.05) is 24.0 Å². The highest BCUT2D eigenvalue weighted by molar-refractivity contribution is 7.80. The van der Waals surface area contributed by atoms with Crippen molar-refractivity contribution in [1.29, 1.82) is 0 Å². The van der Waals surface area contributed by atoms with Gasteiger partial charge in [0.05, 0.1) is 15.4 Å². The third-order valence-electron chi connectivity index (χ3n) is 3.81. The van der Waals surface area contributed by atoms with Crippen molar-refractivity contribution >= 4 is 34.5 Å². The highest BCUT2D eigenvalue weighted by Gasteiger charge is 2.43. The summed E-state index contributed by atoms with van der Waals surface area (Å²) in [5.41, 5.74) is 5.18. The average Bonchev–Trinajstić information content (AvgIpc) is 3.05. The summed E-state index contributed by atoms with van der Waals surface area (Å²) in [6.07, 6.45) is 5.38. The third kappa shape index (κ3) is 2.95. The normalized spacial score (nSPS) is 19.0. The van der Waals surface area contributed by atoms with Gasteiger partial charge in [-0.2, -0.15) is 0 Å². The minimum absolute atomic E-state index is 0.0130. The Hall–Kier alpha value is -1.01. The predicted octanol–water partition coefficient (Wildman–Crippen LogP) is 2.21. The minimum atomic E-state index is -0.613. The van der Waals surface area contributed by atoms with Gasteiger partial charge in [0.25, 0.3) is 0 Å². The van der Waals surface area contributed by atoms with Crippen LogP contribution in [0.5, 0.6) is 0 Å². The van der Waals surface area contributed by atoms with Crippen molar-refractivity contribution in [1.82, 2.24) is 10.3 Å². The molecule has 0 aromatic carbocycles. The number of aromatic nitrogens is 1. The molecule has 1 aliphatic carbocycles. The molecular weight excluding hydrogens is 278 g/mol. The molecule has 1 amide bonds. The second-order valence-corrected chi connectivity index (χ2v) is 6.50. The maximum Gasteiger partial charge on any atom is 0.233 e. The summed E-state index contributed by atoms with van der Waals surface area (Å²) in [6, 6.07) is 0. The number of hydrogen-bond acceptors (Lipinski definition) is 4. The van der Waals surface area contributed by atoms with Gasteiger partial charge in [-0.3, -0.25) is 4.79 Å². The van der Waals surface area contributed by atoms with Gasteiger partial charge in [0.1, 0.15) is 0 Å². The first-order chi connectivity index (χ1) is 9.06. The summed E-state index contributed by atoms with van der Waals surface area (Å²) < 4.78 is 0. The van der Waals surface area contributed by atoms with Gasteiger partial charge >= 0.3 is 0 Å². The molecule has 2 rings (SSSR count). The van der Waals surface area contributed by atoms with Crippen LogP contribution in [0.15, 0.2) is 11.6 Å². The van der Waals surface area contributed by atoms with Crippen LogP contribution < -0.4 is 11.1 Å². The van der Waals surface area contributed by atoms with Gasteiger partial charge in [-0.25, -0.2) is 4.98 Å². The lowest BCUT2D eigenvalue weighted by Crippen LogP contribution is -2.47. The number of amides is 1. The van der Waals surface area contributed by atoms with Crippen LogP contribution in [0, 0.1) is 5.41 Å². The molecule has 1 heterocycles. The number of thiazole rings is 1. The Balaban J connectivity index is 1.95. The Bertz CT molecular complexity index is 452. The number of rotatable bonds is 5. The van der Waals surface area contributed by atoms with Crippen LogP contribution in [0.4, 0.5) is 0 Å². The molecule has 0 radical (unpaired) electrons. The molecule has 1 aliphatic rings. The largest absolute Gasteiger partial charge is 0.392 e. The van der Waals surface area contributed by atoms with Crippen LogP contribution >= 0.6 is 23.6 Å². The van der Waals surface area contributed by atoms with E-state index in [2.05, 4.69) is 17.2 Å². The molecule has 1 saturated carbocycles. The van der Waals surface area contributed by atoms with Crippen molar-refractivity contribution in [2.24, 2.45) is 11.1 Å². The van der Waals surface area contributed by atoms with Gasteiger partial charge in [0.15, 0.2) is 0 Å². The summed E-state index contributed by atoms with van der Waals surface area (Å²) in [5.74, 6) is 0.203. The predicted molar refractivity (Wildman–Crippen MR) is 81.2 cm³/mol. The zero-order valence-corrected chi connectivity index (χ0v) is 12.6. The standard InChI is InChI=1S/C13H19N3OS2/c1-9(10-15-6-7-19-10)8-16-12(17)13(11(14)18)4-2-3-5-13/h6-7,9H,2-5,8H2,1H3,(H2,14,18)(H,16,17). The number of carbonyl (C=O) groups is 1. The van der Waals surface area contributed by atoms with Crippen LogP contribution in [0.3, 0.4) is 0 Å². The van der Waals surface area contributed by atoms with Crippen molar-refractivity contribution in [2.45, 2.75) is 38.5 Å². The van der Waals surface area contributed by atoms with Crippen LogP contribution in [0.2, 0.25) is 0 Å². The molecule has 19 heavy (non-hydrogen) atoms. The molecule has 0 saturated heterocycles. The fourth-order valence-electron chi connectivity index (χ4n) is 2.54. The molecule has 0 bridgehead atoms. The van der Waals surface area contributed by atoms with E-state index in [9.17, 15) is 4.79 Å². The number of carbonyl (C=O) groups excluding carboxylic acids is 1. The van der Waals surface area contributed by atoms with E-state index in [0.29, 0.717) is 11.5 Å². The number of hydrogen-bond donors (Lipinski definition) is 2. The lowest BCUT2D eigenvalue weighted by molar-refractivity contribution is -0.127. The molecule has 104 valence electrons. The molecule has 1 atom stereocenters. The molecule has 1 unspecified atom stereocenters. The number of nitrogens with zero attached hydrogens (tertiary/aromatic N) is 1. The SMILES string of the molecule is CC(CNC(=O)C1(C(N)=S)CCCC1)c1nccs1. The monoisotopic (exact) mass is 297 g/mol. The number of thiocarbonyl (C=S) groups is 1. The molecule has 1 aromatic rings. The van der Waals surface area contributed by atoms with Crippen molar-refractivity contribution in [3.63, 3.8) is 0 Å². The molecule has 0 aliphatic heterocycles. The van der Waals surface area contributed by atoms with E-state index in [4.69, 9.17) is 18.0 Å². The van der Waals surface area contributed by atoms with Gasteiger partial charge < -0.3 is 11.1 Å². The van der Waals surface area contributed by atoms with E-state index in [1.54, 1.807) is 17.5 Å². The average molecular weight is 297 g/mol. The van der Waals surface area contributed by atoms with Gasteiger partial charge in [-0.05, 0) is 12.8 Å². The molecule has 0 spiro atoms. The van der Waals surface area contributed by atoms with Crippen LogP contribution in [0.25, 0.3) is 0 Å². The smallest absolute Gasteiger partial charge is 0.233 e. The molecular formula is C13H19N3OS2. The van der Waals surface area contributed by atoms with Crippen molar-refractivity contribution in [2.75, 3.05) is 6.54 Å². The summed E-state index contributed by atoms with van der Waals surface area (Å²) in [5, 5.41) is 5.98. The topological polar surface area (TPSA) is 68.0 Å². The summed E-state index contributed by atoms with van der Waals surface area (Å²) in [6.45, 7) is 2.64. The van der Waals surface area contributed by atoms with Crippen molar-refractivity contribution < 1.29 is 4.79 Å². The lowest BCUT2D eigenvalue weighted by Gasteiger charge is -2.26. The van der Waals surface area contributed by atoms with Crippen LogP contribution in [0.1, 0.15) is 43.5 Å². The fraction of sp³-hybridized carbons (Fsp3) is 0.615. The van der Waals surface area contributed by atoms with E-state index >= 15 is 0 Å². The van der Waals surface area contributed by atoms with Gasteiger partial charge in [0.2, 0.25) is 5.91 Å². The number of nitrogens with two attached hydrogens (primary N) is 1. The highest BCUT2D eigenvalue weighted by Crippen LogP contribution is 2.38. The van der Waals surface area contributed by atoms with E-state index in [1.165, 1.54) is 0 Å². The van der Waals surface area contributed by atoms with Crippen LogP contribution in [-0.4, -0.2) is 22.4 Å². The quantitative estimate of drug-likeness (QED) is 0.818. The first-order valence-corrected chi connectivity index (χ1v) is 7.82. The number of nitrogens with one attached hydrogen (secondary N) is 1. The second-order valence-electron chi connectivity index (χ2n) is 5.13. The van der Waals surface area contributed by atoms with Crippen LogP contribution in [-0.2, 0) is 4.79 Å². The maximum atomic E-state index is 12.4. The first kappa shape index (κ1) is 14.4. The maximum absolute atomic E-state index is 12.4. The Morgan fingerprint density at radius 3 is 2.84 bits per heavy atom. The van der Waals surface area contributed by atoms with E-state index in [0.717, 1.165) is 30.7 Å². The van der Waals surface area contributed by atoms with Crippen molar-refractivity contribution in [3.05, 3.63) is 16.6 Å². The van der Waals surface area contributed by atoms with E-state index < -0.39 is 5.41 Å².